The lowest BCUT2D eigenvalue weighted by Gasteiger charge is -2.29. The lowest BCUT2D eigenvalue weighted by atomic mass is 10.1. The van der Waals surface area contributed by atoms with Gasteiger partial charge in [0.25, 0.3) is 0 Å². The predicted molar refractivity (Wildman–Crippen MR) is 129 cm³/mol. The molecule has 2 aromatic carbocycles. The number of aryl methyl sites for hydroxylation is 2. The molecule has 5 aromatic rings. The van der Waals surface area contributed by atoms with E-state index in [-0.39, 0.29) is 21.6 Å². The maximum absolute atomic E-state index is 15.1. The molecule has 0 spiro atoms. The van der Waals surface area contributed by atoms with Crippen molar-refractivity contribution in [3.8, 4) is 17.1 Å². The Morgan fingerprint density at radius 3 is 2.54 bits per heavy atom. The average Bonchev–Trinajstić information content (AvgIpc) is 3.43. The molecule has 1 N–H and O–H groups in total. The highest BCUT2D eigenvalue weighted by molar-refractivity contribution is 6.33. The zero-order chi connectivity index (χ0) is 24.3. The molecule has 35 heavy (non-hydrogen) atoms. The van der Waals surface area contributed by atoms with Gasteiger partial charge in [0.1, 0.15) is 34.3 Å². The zero-order valence-corrected chi connectivity index (χ0v) is 19.7. The van der Waals surface area contributed by atoms with Gasteiger partial charge in [0.05, 0.1) is 40.4 Å². The number of halogens is 3. The summed E-state index contributed by atoms with van der Waals surface area (Å²) in [6.45, 7) is 6.26. The molecule has 1 saturated heterocycles. The molecule has 178 valence electrons. The summed E-state index contributed by atoms with van der Waals surface area (Å²) in [5.41, 5.74) is 3.11. The van der Waals surface area contributed by atoms with Crippen LogP contribution in [0.15, 0.2) is 30.5 Å². The van der Waals surface area contributed by atoms with Crippen LogP contribution in [0.4, 0.5) is 14.5 Å². The molecule has 0 bridgehead atoms. The minimum absolute atomic E-state index is 0.00744. The van der Waals surface area contributed by atoms with Crippen molar-refractivity contribution in [3.05, 3.63) is 58.8 Å². The van der Waals surface area contributed by atoms with Crippen LogP contribution in [0.1, 0.15) is 11.6 Å². The van der Waals surface area contributed by atoms with Crippen LogP contribution in [0.25, 0.3) is 39.0 Å². The summed E-state index contributed by atoms with van der Waals surface area (Å²) in [5.74, 6) is 0.455. The van der Waals surface area contributed by atoms with Gasteiger partial charge in [0.15, 0.2) is 5.82 Å². The van der Waals surface area contributed by atoms with Gasteiger partial charge in [-0.25, -0.2) is 18.7 Å². The van der Waals surface area contributed by atoms with Crippen molar-refractivity contribution in [2.24, 2.45) is 0 Å². The van der Waals surface area contributed by atoms with Crippen molar-refractivity contribution >= 4 is 39.2 Å². The van der Waals surface area contributed by atoms with E-state index in [4.69, 9.17) is 21.3 Å². The number of H-pyrrole nitrogens is 1. The maximum Gasteiger partial charge on any atom is 0.183 e. The number of hydrogen-bond donors (Lipinski definition) is 1. The first kappa shape index (κ1) is 21.9. The largest absolute Gasteiger partial charge is 0.378 e. The Morgan fingerprint density at radius 2 is 1.80 bits per heavy atom. The zero-order valence-electron chi connectivity index (χ0n) is 18.9. The number of anilines is 1. The highest BCUT2D eigenvalue weighted by Crippen LogP contribution is 2.38. The number of nitrogens with one attached hydrogen (secondary N) is 1. The minimum Gasteiger partial charge on any atom is -0.378 e. The number of aromatic amines is 1. The fraction of sp³-hybridized carbons (Fsp3) is 0.250. The van der Waals surface area contributed by atoms with Gasteiger partial charge in [0, 0.05) is 25.0 Å². The fourth-order valence-corrected chi connectivity index (χ4v) is 4.84. The molecule has 0 aliphatic carbocycles. The summed E-state index contributed by atoms with van der Waals surface area (Å²) < 4.78 is 37.0. The third-order valence-electron chi connectivity index (χ3n) is 6.20. The quantitative estimate of drug-likeness (QED) is 0.389. The molecule has 0 radical (unpaired) electrons. The summed E-state index contributed by atoms with van der Waals surface area (Å²) in [4.78, 5) is 15.6. The summed E-state index contributed by atoms with van der Waals surface area (Å²) >= 11 is 6.58. The summed E-state index contributed by atoms with van der Waals surface area (Å²) in [5, 5.41) is 7.40. The average molecular weight is 496 g/mol. The number of benzene rings is 2. The van der Waals surface area contributed by atoms with Crippen molar-refractivity contribution in [3.63, 3.8) is 0 Å². The number of hydrogen-bond acceptors (Lipinski definition) is 6. The standard InChI is InChI=1S/C24H20ClF2N7O/c1-12-29-24(32-31-12)15-9-14(33-5-7-35-8-6-33)10-19-21(15)30-13(2)34(19)23-16(25)11-28-22-18(27)4-3-17(26)20(22)23/h3-4,9-11H,5-8H2,1-2H3,(H,29,31,32). The van der Waals surface area contributed by atoms with E-state index >= 15 is 4.39 Å². The number of fused-ring (bicyclic) bond motifs is 2. The van der Waals surface area contributed by atoms with Gasteiger partial charge < -0.3 is 9.64 Å². The number of morpholine rings is 1. The number of nitrogens with zero attached hydrogens (tertiary/aromatic N) is 6. The van der Waals surface area contributed by atoms with Gasteiger partial charge in [-0.3, -0.25) is 14.6 Å². The molecule has 11 heteroatoms. The normalized spacial score (nSPS) is 14.4. The minimum atomic E-state index is -0.632. The van der Waals surface area contributed by atoms with Gasteiger partial charge in [0.2, 0.25) is 0 Å². The van der Waals surface area contributed by atoms with Crippen LogP contribution in [0, 0.1) is 25.5 Å². The van der Waals surface area contributed by atoms with E-state index in [1.54, 1.807) is 11.5 Å². The topological polar surface area (TPSA) is 84.8 Å². The van der Waals surface area contributed by atoms with Gasteiger partial charge in [-0.15, -0.1) is 0 Å². The third kappa shape index (κ3) is 3.52. The second-order valence-corrected chi connectivity index (χ2v) is 8.81. The maximum atomic E-state index is 15.1. The van der Waals surface area contributed by atoms with Crippen LogP contribution >= 0.6 is 11.6 Å². The van der Waals surface area contributed by atoms with Crippen molar-refractivity contribution in [1.29, 1.82) is 0 Å². The van der Waals surface area contributed by atoms with E-state index in [1.165, 1.54) is 6.20 Å². The molecule has 6 rings (SSSR count). The smallest absolute Gasteiger partial charge is 0.183 e. The Labute approximate surface area is 203 Å². The fourth-order valence-electron chi connectivity index (χ4n) is 4.61. The molecule has 0 unspecified atom stereocenters. The first-order chi connectivity index (χ1) is 16.9. The van der Waals surface area contributed by atoms with Crippen molar-refractivity contribution < 1.29 is 13.5 Å². The van der Waals surface area contributed by atoms with Crippen LogP contribution in [0.2, 0.25) is 5.02 Å². The number of pyridine rings is 1. The molecule has 1 aliphatic heterocycles. The first-order valence-corrected chi connectivity index (χ1v) is 11.5. The van der Waals surface area contributed by atoms with E-state index in [0.717, 1.165) is 23.4 Å². The van der Waals surface area contributed by atoms with Gasteiger partial charge in [-0.1, -0.05) is 11.6 Å². The first-order valence-electron chi connectivity index (χ1n) is 11.1. The second kappa shape index (κ2) is 8.24. The van der Waals surface area contributed by atoms with Crippen LogP contribution in [-0.2, 0) is 4.74 Å². The number of aromatic nitrogens is 6. The van der Waals surface area contributed by atoms with E-state index < -0.39 is 11.6 Å². The van der Waals surface area contributed by atoms with Gasteiger partial charge in [-0.05, 0) is 38.1 Å². The molecule has 0 saturated carbocycles. The molecular weight excluding hydrogens is 476 g/mol. The van der Waals surface area contributed by atoms with E-state index in [1.807, 2.05) is 19.1 Å². The van der Waals surface area contributed by atoms with Crippen LogP contribution in [-0.4, -0.2) is 56.0 Å². The predicted octanol–water partition coefficient (Wildman–Crippen LogP) is 4.74. The third-order valence-corrected chi connectivity index (χ3v) is 6.48. The Bertz CT molecular complexity index is 1610. The molecule has 4 heterocycles. The van der Waals surface area contributed by atoms with Gasteiger partial charge in [-0.2, -0.15) is 5.10 Å². The number of imidazole rings is 1. The van der Waals surface area contributed by atoms with E-state index in [9.17, 15) is 4.39 Å². The molecule has 1 fully saturated rings. The SMILES string of the molecule is Cc1nc(-c2cc(N3CCOCC3)cc3c2nc(C)n3-c2c(Cl)cnc3c(F)ccc(F)c23)n[nH]1. The molecule has 8 nitrogen and oxygen atoms in total. The van der Waals surface area contributed by atoms with Crippen molar-refractivity contribution in [1.82, 2.24) is 29.7 Å². The highest BCUT2D eigenvalue weighted by Gasteiger charge is 2.24. The number of ether oxygens (including phenoxy) is 1. The van der Waals surface area contributed by atoms with Crippen molar-refractivity contribution in [2.45, 2.75) is 13.8 Å². The Hall–Kier alpha value is -3.63. The molecule has 3 aromatic heterocycles. The molecule has 0 atom stereocenters. The Kier molecular flexibility index (Phi) is 5.15. The molecule has 0 amide bonds. The summed E-state index contributed by atoms with van der Waals surface area (Å²) in [6, 6.07) is 6.11. The summed E-state index contributed by atoms with van der Waals surface area (Å²) in [6.07, 6.45) is 1.33. The van der Waals surface area contributed by atoms with E-state index in [0.29, 0.717) is 54.8 Å². The summed E-state index contributed by atoms with van der Waals surface area (Å²) in [7, 11) is 0. The Balaban J connectivity index is 1.71. The number of rotatable bonds is 3. The molecule has 1 aliphatic rings. The monoisotopic (exact) mass is 495 g/mol. The van der Waals surface area contributed by atoms with Crippen LogP contribution in [0.5, 0.6) is 0 Å². The van der Waals surface area contributed by atoms with E-state index in [2.05, 4.69) is 25.1 Å². The Morgan fingerprint density at radius 1 is 1.03 bits per heavy atom. The van der Waals surface area contributed by atoms with Crippen LogP contribution < -0.4 is 4.90 Å². The van der Waals surface area contributed by atoms with Crippen LogP contribution in [0.3, 0.4) is 0 Å². The molecular formula is C24H20ClF2N7O. The lowest BCUT2D eigenvalue weighted by molar-refractivity contribution is 0.122. The van der Waals surface area contributed by atoms with Crippen molar-refractivity contribution in [2.75, 3.05) is 31.2 Å². The lowest BCUT2D eigenvalue weighted by Crippen LogP contribution is -2.36. The van der Waals surface area contributed by atoms with Gasteiger partial charge >= 0.3 is 0 Å². The highest BCUT2D eigenvalue weighted by atomic mass is 35.5. The second-order valence-electron chi connectivity index (χ2n) is 8.41.